The van der Waals surface area contributed by atoms with Crippen molar-refractivity contribution >= 4 is 30.1 Å². The van der Waals surface area contributed by atoms with E-state index in [0.717, 1.165) is 10.8 Å². The number of amides is 1. The van der Waals surface area contributed by atoms with E-state index in [-0.39, 0.29) is 11.2 Å². The lowest BCUT2D eigenvalue weighted by molar-refractivity contribution is -0.138. The second kappa shape index (κ2) is 21.1. The van der Waals surface area contributed by atoms with Crippen LogP contribution in [0.5, 0.6) is 5.75 Å². The van der Waals surface area contributed by atoms with Crippen molar-refractivity contribution in [2.75, 3.05) is 40.6 Å². The Bertz CT molecular complexity index is 873. The molecule has 0 spiro atoms. The standard InChI is InChI=1S/C12H10O2.C6H13NO3.C5H10O2.C5H12O/c1-9-2-3-11-7-12(14-8-13)5-4-10(11)6-9;1-9-4-5-10-3-2-7-6-8;1-5(2,3)7-4-6;1-5(2,3)6-4/h2-8H,1H3;6H,2-5H2,1H3,(H,7,8);4H,1-3H3;1-4H3. The number of ether oxygens (including phenoxy) is 5. The molecule has 1 amide bonds. The predicted molar refractivity (Wildman–Crippen MR) is 146 cm³/mol. The van der Waals surface area contributed by atoms with Crippen LogP contribution in [-0.2, 0) is 33.3 Å². The van der Waals surface area contributed by atoms with Gasteiger partial charge in [-0.05, 0) is 71.4 Å². The van der Waals surface area contributed by atoms with E-state index in [1.807, 2.05) is 65.8 Å². The zero-order valence-corrected chi connectivity index (χ0v) is 23.8. The summed E-state index contributed by atoms with van der Waals surface area (Å²) in [5.74, 6) is 0.580. The Morgan fingerprint density at radius 2 is 1.38 bits per heavy atom. The van der Waals surface area contributed by atoms with Crippen molar-refractivity contribution in [3.8, 4) is 5.75 Å². The fourth-order valence-corrected chi connectivity index (χ4v) is 2.05. The normalized spacial score (nSPS) is 10.3. The number of aryl methyl sites for hydroxylation is 1. The van der Waals surface area contributed by atoms with E-state index < -0.39 is 0 Å². The average molecular weight is 524 g/mol. The molecule has 0 unspecified atom stereocenters. The maximum Gasteiger partial charge on any atom is 0.298 e. The number of fused-ring (bicyclic) bond motifs is 1. The van der Waals surface area contributed by atoms with Crippen LogP contribution >= 0.6 is 0 Å². The number of hydrogen-bond donors (Lipinski definition) is 1. The molecule has 0 saturated heterocycles. The first kappa shape index (κ1) is 36.1. The topological polar surface area (TPSA) is 109 Å². The molecule has 0 aliphatic heterocycles. The summed E-state index contributed by atoms with van der Waals surface area (Å²) in [5.41, 5.74) is 0.948. The number of rotatable bonds is 10. The van der Waals surface area contributed by atoms with Gasteiger partial charge in [-0.25, -0.2) is 0 Å². The molecule has 0 heterocycles. The van der Waals surface area contributed by atoms with Gasteiger partial charge in [0.05, 0.1) is 25.4 Å². The monoisotopic (exact) mass is 523 g/mol. The van der Waals surface area contributed by atoms with Crippen LogP contribution in [0.15, 0.2) is 36.4 Å². The number of nitrogens with one attached hydrogen (secondary N) is 1. The summed E-state index contributed by atoms with van der Waals surface area (Å²) < 4.78 is 24.0. The Labute approximate surface area is 221 Å². The van der Waals surface area contributed by atoms with Gasteiger partial charge in [-0.2, -0.15) is 0 Å². The molecule has 0 aliphatic carbocycles. The van der Waals surface area contributed by atoms with Crippen LogP contribution in [0.2, 0.25) is 0 Å². The summed E-state index contributed by atoms with van der Waals surface area (Å²) in [6.07, 6.45) is 0.652. The summed E-state index contributed by atoms with van der Waals surface area (Å²) in [6.45, 7) is 16.8. The first-order valence-corrected chi connectivity index (χ1v) is 11.8. The number of carbonyl (C=O) groups excluding carboxylic acids is 3. The van der Waals surface area contributed by atoms with Crippen molar-refractivity contribution in [2.24, 2.45) is 0 Å². The summed E-state index contributed by atoms with van der Waals surface area (Å²) in [4.78, 5) is 29.4. The molecule has 0 fully saturated rings. The van der Waals surface area contributed by atoms with Crippen LogP contribution in [0, 0.1) is 6.92 Å². The summed E-state index contributed by atoms with van der Waals surface area (Å²) in [6, 6.07) is 11.7. The number of methoxy groups -OCH3 is 2. The molecule has 1 N–H and O–H groups in total. The maximum absolute atomic E-state index is 10.1. The van der Waals surface area contributed by atoms with E-state index >= 15 is 0 Å². The molecule has 0 aromatic heterocycles. The quantitative estimate of drug-likeness (QED) is 0.359. The summed E-state index contributed by atoms with van der Waals surface area (Å²) >= 11 is 0. The number of benzene rings is 2. The third kappa shape index (κ3) is 24.5. The van der Waals surface area contributed by atoms with Crippen LogP contribution in [0.3, 0.4) is 0 Å². The van der Waals surface area contributed by atoms with Crippen molar-refractivity contribution in [1.29, 1.82) is 0 Å². The van der Waals surface area contributed by atoms with E-state index in [0.29, 0.717) is 51.5 Å². The largest absolute Gasteiger partial charge is 0.462 e. The zero-order chi connectivity index (χ0) is 28.7. The minimum absolute atomic E-state index is 0.0417. The average Bonchev–Trinajstić information content (AvgIpc) is 2.82. The van der Waals surface area contributed by atoms with Crippen LogP contribution < -0.4 is 10.1 Å². The SMILES string of the molecule is CC(C)(C)OC=O.COC(C)(C)C.COCCOCCNC=O.Cc1ccc2cc(OC=O)ccc2c1. The van der Waals surface area contributed by atoms with Crippen LogP contribution in [0.4, 0.5) is 0 Å². The van der Waals surface area contributed by atoms with Gasteiger partial charge in [0.25, 0.3) is 12.9 Å². The Balaban J connectivity index is 0. The smallest absolute Gasteiger partial charge is 0.298 e. The number of hydrogen-bond acceptors (Lipinski definition) is 8. The van der Waals surface area contributed by atoms with E-state index in [2.05, 4.69) is 23.0 Å². The molecule has 0 radical (unpaired) electrons. The highest BCUT2D eigenvalue weighted by molar-refractivity contribution is 5.84. The van der Waals surface area contributed by atoms with Gasteiger partial charge in [-0.15, -0.1) is 0 Å². The highest BCUT2D eigenvalue weighted by atomic mass is 16.5. The molecule has 0 saturated carbocycles. The molecule has 9 nitrogen and oxygen atoms in total. The van der Waals surface area contributed by atoms with Crippen LogP contribution in [-0.4, -0.2) is 71.1 Å². The predicted octanol–water partition coefficient (Wildman–Crippen LogP) is 4.47. The summed E-state index contributed by atoms with van der Waals surface area (Å²) in [5, 5.41) is 4.71. The van der Waals surface area contributed by atoms with Gasteiger partial charge < -0.3 is 29.0 Å². The fraction of sp³-hybridized carbons (Fsp3) is 0.536. The fourth-order valence-electron chi connectivity index (χ4n) is 2.05. The molecule has 2 rings (SSSR count). The molecule has 2 aromatic carbocycles. The van der Waals surface area contributed by atoms with Gasteiger partial charge in [0.1, 0.15) is 11.4 Å². The van der Waals surface area contributed by atoms with Crippen molar-refractivity contribution in [2.45, 2.75) is 59.7 Å². The van der Waals surface area contributed by atoms with Crippen molar-refractivity contribution in [3.63, 3.8) is 0 Å². The van der Waals surface area contributed by atoms with Gasteiger partial charge in [-0.3, -0.25) is 14.4 Å². The highest BCUT2D eigenvalue weighted by Gasteiger charge is 2.07. The molecule has 0 atom stereocenters. The Hall–Kier alpha value is -3.01. The first-order chi connectivity index (χ1) is 17.3. The van der Waals surface area contributed by atoms with E-state index in [9.17, 15) is 14.4 Å². The van der Waals surface area contributed by atoms with Gasteiger partial charge in [0.15, 0.2) is 0 Å². The molecule has 37 heavy (non-hydrogen) atoms. The third-order valence-corrected chi connectivity index (χ3v) is 4.07. The molecule has 0 aliphatic rings. The van der Waals surface area contributed by atoms with E-state index in [1.54, 1.807) is 20.3 Å². The van der Waals surface area contributed by atoms with Gasteiger partial charge in [-0.1, -0.05) is 29.8 Å². The first-order valence-electron chi connectivity index (χ1n) is 11.8. The van der Waals surface area contributed by atoms with E-state index in [4.69, 9.17) is 18.9 Å². The van der Waals surface area contributed by atoms with Crippen molar-refractivity contribution in [3.05, 3.63) is 42.0 Å². The van der Waals surface area contributed by atoms with Gasteiger partial charge in [0.2, 0.25) is 6.41 Å². The molecule has 210 valence electrons. The Morgan fingerprint density at radius 3 is 1.84 bits per heavy atom. The van der Waals surface area contributed by atoms with Crippen LogP contribution in [0.25, 0.3) is 10.8 Å². The molecule has 9 heteroatoms. The van der Waals surface area contributed by atoms with Gasteiger partial charge >= 0.3 is 0 Å². The van der Waals surface area contributed by atoms with Gasteiger partial charge in [0, 0.05) is 20.8 Å². The van der Waals surface area contributed by atoms with Crippen molar-refractivity contribution < 1.29 is 38.1 Å². The third-order valence-electron chi connectivity index (χ3n) is 4.07. The minimum Gasteiger partial charge on any atom is -0.462 e. The highest BCUT2D eigenvalue weighted by Crippen LogP contribution is 2.21. The van der Waals surface area contributed by atoms with E-state index in [1.165, 1.54) is 5.56 Å². The molecule has 0 bridgehead atoms. The second-order valence-electron chi connectivity index (χ2n) is 9.55. The Morgan fingerprint density at radius 1 is 0.784 bits per heavy atom. The second-order valence-corrected chi connectivity index (χ2v) is 9.55. The Kier molecular flexibility index (Phi) is 20.6. The van der Waals surface area contributed by atoms with Crippen LogP contribution in [0.1, 0.15) is 47.1 Å². The minimum atomic E-state index is -0.318. The lowest BCUT2D eigenvalue weighted by atomic mass is 10.1. The zero-order valence-electron chi connectivity index (χ0n) is 23.8. The molecule has 2 aromatic rings. The van der Waals surface area contributed by atoms with Crippen molar-refractivity contribution in [1.82, 2.24) is 5.32 Å². The molecular formula is C28H45NO8. The maximum atomic E-state index is 10.1. The summed E-state index contributed by atoms with van der Waals surface area (Å²) in [7, 11) is 3.33. The number of carbonyl (C=O) groups is 3. The lowest BCUT2D eigenvalue weighted by Gasteiger charge is -2.14. The lowest BCUT2D eigenvalue weighted by Crippen LogP contribution is -2.18. The molecular weight excluding hydrogens is 478 g/mol.